The van der Waals surface area contributed by atoms with Crippen LogP contribution in [0.4, 0.5) is 8.78 Å². The second-order valence-corrected chi connectivity index (χ2v) is 21.3. The monoisotopic (exact) mass is 922 g/mol. The van der Waals surface area contributed by atoms with E-state index < -0.39 is 74.5 Å². The minimum atomic E-state index is -4.17. The largest absolute Gasteiger partial charge is 0.460 e. The predicted octanol–water partition coefficient (Wildman–Crippen LogP) is 7.79. The number of rotatable bonds is 10. The zero-order chi connectivity index (χ0) is 46.3. The van der Waals surface area contributed by atoms with E-state index in [9.17, 15) is 36.4 Å². The average Bonchev–Trinajstić information content (AvgIpc) is 3.56. The third-order valence-corrected chi connectivity index (χ3v) is 14.4. The topological polar surface area (TPSA) is 170 Å². The van der Waals surface area contributed by atoms with Gasteiger partial charge in [0.1, 0.15) is 22.2 Å². The molecule has 344 valence electrons. The Morgan fingerprint density at radius 2 is 1.83 bits per heavy atom. The van der Waals surface area contributed by atoms with Crippen molar-refractivity contribution in [3.05, 3.63) is 65.6 Å². The summed E-state index contributed by atoms with van der Waals surface area (Å²) >= 11 is 1.32. The number of halogens is 2. The van der Waals surface area contributed by atoms with Gasteiger partial charge in [-0.1, -0.05) is 31.1 Å². The van der Waals surface area contributed by atoms with Gasteiger partial charge in [-0.3, -0.25) is 23.7 Å². The number of Topliss-reactive ketones (excluding diaryl/α,β-unsaturated/α-hetero) is 1. The number of nitrogens with zero attached hydrogens (tertiary/aromatic N) is 5. The van der Waals surface area contributed by atoms with Crippen LogP contribution in [0.5, 0.6) is 6.01 Å². The van der Waals surface area contributed by atoms with Gasteiger partial charge in [-0.05, 0) is 96.6 Å². The van der Waals surface area contributed by atoms with E-state index >= 15 is 0 Å². The van der Waals surface area contributed by atoms with Crippen molar-refractivity contribution >= 4 is 56.1 Å². The molecule has 2 aromatic heterocycles. The molecule has 64 heavy (non-hydrogen) atoms. The number of imidazole rings is 1. The van der Waals surface area contributed by atoms with Gasteiger partial charge in [0.25, 0.3) is 6.01 Å². The van der Waals surface area contributed by atoms with Crippen LogP contribution in [0, 0.1) is 28.9 Å². The molecule has 14 nitrogen and oxygen atoms in total. The van der Waals surface area contributed by atoms with Gasteiger partial charge in [0, 0.05) is 55.4 Å². The van der Waals surface area contributed by atoms with Crippen LogP contribution in [-0.2, 0) is 34.1 Å². The fourth-order valence-electron chi connectivity index (χ4n) is 8.71. The average molecular weight is 923 g/mol. The molecule has 2 amide bonds. The van der Waals surface area contributed by atoms with Gasteiger partial charge >= 0.3 is 16.2 Å². The number of nitrogens with one attached hydrogen (secondary N) is 1. The minimum absolute atomic E-state index is 0.0180. The summed E-state index contributed by atoms with van der Waals surface area (Å²) in [5.41, 5.74) is 0.757. The maximum absolute atomic E-state index is 14.8. The van der Waals surface area contributed by atoms with Gasteiger partial charge in [-0.15, -0.1) is 11.3 Å². The molecule has 2 aliphatic heterocycles. The third-order valence-electron chi connectivity index (χ3n) is 12.1. The van der Waals surface area contributed by atoms with Crippen molar-refractivity contribution in [3.8, 4) is 27.8 Å². The lowest BCUT2D eigenvalue weighted by Gasteiger charge is -2.29. The van der Waals surface area contributed by atoms with Gasteiger partial charge in [-0.25, -0.2) is 18.5 Å². The van der Waals surface area contributed by atoms with E-state index in [1.807, 2.05) is 48.8 Å². The number of hydrogen-bond acceptors (Lipinski definition) is 11. The molecule has 1 saturated carbocycles. The zero-order valence-corrected chi connectivity index (χ0v) is 38.9. The highest BCUT2D eigenvalue weighted by molar-refractivity contribution is 7.87. The third kappa shape index (κ3) is 10.1. The number of para-hydroxylation sites is 1. The Kier molecular flexibility index (Phi) is 13.5. The van der Waals surface area contributed by atoms with E-state index in [1.54, 1.807) is 26.2 Å². The summed E-state index contributed by atoms with van der Waals surface area (Å²) in [6.07, 6.45) is 6.23. The predicted molar refractivity (Wildman–Crippen MR) is 238 cm³/mol. The van der Waals surface area contributed by atoms with E-state index in [2.05, 4.69) is 4.72 Å². The number of ether oxygens (including phenoxy) is 2. The van der Waals surface area contributed by atoms with Crippen molar-refractivity contribution in [2.45, 2.75) is 116 Å². The van der Waals surface area contributed by atoms with Crippen molar-refractivity contribution in [2.75, 3.05) is 20.6 Å². The lowest BCUT2D eigenvalue weighted by Crippen LogP contribution is -2.47. The molecule has 7 rings (SSSR count). The first-order valence-electron chi connectivity index (χ1n) is 21.7. The molecule has 1 saturated heterocycles. The number of fused-ring (bicyclic) bond motifs is 3. The lowest BCUT2D eigenvalue weighted by molar-refractivity contribution is -0.159. The highest BCUT2D eigenvalue weighted by Gasteiger charge is 2.61. The first-order valence-corrected chi connectivity index (χ1v) is 24.0. The summed E-state index contributed by atoms with van der Waals surface area (Å²) in [7, 11) is -1.56. The summed E-state index contributed by atoms with van der Waals surface area (Å²) in [5.74, 6) is -5.23. The van der Waals surface area contributed by atoms with Gasteiger partial charge < -0.3 is 14.4 Å². The Bertz CT molecular complexity index is 2580. The number of hydrogen-bond donors (Lipinski definition) is 1. The minimum Gasteiger partial charge on any atom is -0.460 e. The fraction of sp³-hybridized carbons (Fsp3) is 0.522. The standard InChI is InChI=1S/C46H56F2N6O8S2/c1-27(2)54-36-17-13-16-32(41-49-35(26-63-41)28-18-19-33(47)34(48)20-28)40(36)50-44(54)61-31-22-37-38(55)24-46(43(58)51-64(59,60)52(6)7)23-30(46)15-12-10-8-9-11-14-29(42(57)53(37)25-31)21-39(56)62-45(3,4)5/h12-13,15-20,26-27,29-31,37H,8-11,14,21-25H2,1-7H3,(H,51,58)/b15-12-/t29-,30-,31-,37+,46-/m1/s1. The molecule has 0 radical (unpaired) electrons. The van der Waals surface area contributed by atoms with E-state index in [0.29, 0.717) is 46.6 Å². The molecule has 2 fully saturated rings. The van der Waals surface area contributed by atoms with Crippen molar-refractivity contribution in [1.29, 1.82) is 0 Å². The van der Waals surface area contributed by atoms with Gasteiger partial charge in [-0.2, -0.15) is 17.7 Å². The molecule has 1 aliphatic carbocycles. The summed E-state index contributed by atoms with van der Waals surface area (Å²) in [6.45, 7) is 9.20. The Labute approximate surface area is 376 Å². The highest BCUT2D eigenvalue weighted by Crippen LogP contribution is 2.57. The van der Waals surface area contributed by atoms with Crippen molar-refractivity contribution < 1.29 is 45.9 Å². The van der Waals surface area contributed by atoms with Crippen LogP contribution in [0.2, 0.25) is 0 Å². The molecule has 4 aromatic rings. The number of ketones is 1. The van der Waals surface area contributed by atoms with Crippen LogP contribution in [-0.4, -0.2) is 94.1 Å². The SMILES string of the molecule is CC(C)n1c(O[C@@H]2C[C@H]3C(=O)C[C@]4(C(=O)NS(=O)(=O)N(C)C)C[C@H]4/C=C\CCCCC[C@H](CC(=O)OC(C)(C)C)C(=O)N3C2)nc2c(-c3nc(-c4ccc(F)c(F)c4)cs3)cccc21. The Morgan fingerprint density at radius 1 is 1.06 bits per heavy atom. The zero-order valence-electron chi connectivity index (χ0n) is 37.2. The number of carbonyl (C=O) groups is 4. The summed E-state index contributed by atoms with van der Waals surface area (Å²) in [6, 6.07) is 8.28. The number of carbonyl (C=O) groups excluding carboxylic acids is 4. The number of amides is 2. The van der Waals surface area contributed by atoms with Crippen molar-refractivity contribution in [3.63, 3.8) is 0 Å². The normalized spacial score (nSPS) is 24.0. The summed E-state index contributed by atoms with van der Waals surface area (Å²) in [4.78, 5) is 67.9. The van der Waals surface area contributed by atoms with Crippen LogP contribution in [0.3, 0.4) is 0 Å². The number of aromatic nitrogens is 3. The molecular weight excluding hydrogens is 867 g/mol. The van der Waals surface area contributed by atoms with E-state index in [0.717, 1.165) is 34.8 Å². The van der Waals surface area contributed by atoms with Crippen LogP contribution < -0.4 is 9.46 Å². The van der Waals surface area contributed by atoms with Crippen molar-refractivity contribution in [1.82, 2.24) is 28.5 Å². The van der Waals surface area contributed by atoms with Crippen LogP contribution >= 0.6 is 11.3 Å². The van der Waals surface area contributed by atoms with E-state index in [1.165, 1.54) is 36.4 Å². The quantitative estimate of drug-likeness (QED) is 0.122. The second kappa shape index (κ2) is 18.4. The Morgan fingerprint density at radius 3 is 2.53 bits per heavy atom. The van der Waals surface area contributed by atoms with Crippen molar-refractivity contribution in [2.24, 2.45) is 17.3 Å². The smallest absolute Gasteiger partial charge is 0.307 e. The fourth-order valence-corrected chi connectivity index (χ4v) is 10.2. The van der Waals surface area contributed by atoms with Crippen LogP contribution in [0.1, 0.15) is 98.4 Å². The number of esters is 1. The molecule has 0 bridgehead atoms. The number of allylic oxidation sites excluding steroid dienone is 2. The molecule has 0 unspecified atom stereocenters. The molecular formula is C46H56F2N6O8S2. The Balaban J connectivity index is 1.23. The first kappa shape index (κ1) is 46.9. The number of thiazole rings is 1. The van der Waals surface area contributed by atoms with Gasteiger partial charge in [0.05, 0.1) is 35.6 Å². The first-order chi connectivity index (χ1) is 30.2. The second-order valence-electron chi connectivity index (χ2n) is 18.6. The maximum Gasteiger partial charge on any atom is 0.307 e. The molecule has 2 aromatic carbocycles. The molecule has 5 atom stereocenters. The van der Waals surface area contributed by atoms with E-state index in [-0.39, 0.29) is 50.2 Å². The van der Waals surface area contributed by atoms with Gasteiger partial charge in [0.15, 0.2) is 17.4 Å². The van der Waals surface area contributed by atoms with Gasteiger partial charge in [0.2, 0.25) is 11.8 Å². The van der Waals surface area contributed by atoms with E-state index in [4.69, 9.17) is 19.4 Å². The lowest BCUT2D eigenvalue weighted by atomic mass is 9.90. The summed E-state index contributed by atoms with van der Waals surface area (Å²) in [5, 5.41) is 2.35. The number of benzene rings is 2. The van der Waals surface area contributed by atoms with Crippen LogP contribution in [0.15, 0.2) is 53.9 Å². The molecule has 18 heteroatoms. The van der Waals surface area contributed by atoms with Crippen LogP contribution in [0.25, 0.3) is 32.9 Å². The molecule has 0 spiro atoms. The Hall–Kier alpha value is -5.07. The maximum atomic E-state index is 14.8. The molecule has 3 aliphatic rings. The highest BCUT2D eigenvalue weighted by atomic mass is 32.2. The summed E-state index contributed by atoms with van der Waals surface area (Å²) < 4.78 is 70.9. The molecule has 1 N–H and O–H groups in total. The molecule has 4 heterocycles.